The molecule has 7 heteroatoms. The first-order valence-corrected chi connectivity index (χ1v) is 9.66. The van der Waals surface area contributed by atoms with E-state index >= 15 is 0 Å². The molecule has 0 radical (unpaired) electrons. The molecular weight excluding hydrogens is 357 g/mol. The van der Waals surface area contributed by atoms with Crippen LogP contribution >= 0.6 is 0 Å². The van der Waals surface area contributed by atoms with E-state index in [4.69, 9.17) is 0 Å². The molecule has 150 valence electrons. The molecule has 2 aliphatic rings. The van der Waals surface area contributed by atoms with E-state index < -0.39 is 12.8 Å². The number of fused-ring (bicyclic) bond motifs is 1. The number of amides is 1. The van der Waals surface area contributed by atoms with Crippen molar-refractivity contribution in [3.63, 3.8) is 0 Å². The summed E-state index contributed by atoms with van der Waals surface area (Å²) in [6.07, 6.45) is 0.216. The molecule has 1 saturated heterocycles. The van der Waals surface area contributed by atoms with Crippen LogP contribution in [0.25, 0.3) is 0 Å². The SMILES string of the molecule is O=C(Cc1ccc2c(c1)CCC2)N1CCN(CCCOCC(F)(F)F)CC1. The molecule has 1 aromatic rings. The lowest BCUT2D eigenvalue weighted by Gasteiger charge is -2.34. The minimum Gasteiger partial charge on any atom is -0.372 e. The predicted octanol–water partition coefficient (Wildman–Crippen LogP) is 2.83. The summed E-state index contributed by atoms with van der Waals surface area (Å²) in [7, 11) is 0. The van der Waals surface area contributed by atoms with Gasteiger partial charge < -0.3 is 9.64 Å². The Morgan fingerprint density at radius 1 is 1.07 bits per heavy atom. The lowest BCUT2D eigenvalue weighted by molar-refractivity contribution is -0.174. The number of carbonyl (C=O) groups is 1. The van der Waals surface area contributed by atoms with Crippen molar-refractivity contribution in [1.82, 2.24) is 9.80 Å². The smallest absolute Gasteiger partial charge is 0.372 e. The summed E-state index contributed by atoms with van der Waals surface area (Å²) < 4.78 is 40.6. The zero-order chi connectivity index (χ0) is 19.3. The van der Waals surface area contributed by atoms with Crippen LogP contribution in [0.2, 0.25) is 0 Å². The Morgan fingerprint density at radius 3 is 2.56 bits per heavy atom. The molecule has 4 nitrogen and oxygen atoms in total. The topological polar surface area (TPSA) is 32.8 Å². The molecule has 1 aliphatic carbocycles. The summed E-state index contributed by atoms with van der Waals surface area (Å²) in [5.41, 5.74) is 3.89. The van der Waals surface area contributed by atoms with E-state index in [2.05, 4.69) is 27.8 Å². The van der Waals surface area contributed by atoms with Crippen molar-refractivity contribution in [3.8, 4) is 0 Å². The Balaban J connectivity index is 1.34. The first-order valence-electron chi connectivity index (χ1n) is 9.66. The molecule has 0 aromatic heterocycles. The first kappa shape index (κ1) is 20.1. The molecule has 1 heterocycles. The van der Waals surface area contributed by atoms with Gasteiger partial charge in [0.2, 0.25) is 5.91 Å². The molecule has 0 unspecified atom stereocenters. The van der Waals surface area contributed by atoms with Crippen LogP contribution in [-0.2, 0) is 28.8 Å². The molecule has 3 rings (SSSR count). The summed E-state index contributed by atoms with van der Waals surface area (Å²) in [6, 6.07) is 6.40. The molecule has 27 heavy (non-hydrogen) atoms. The van der Waals surface area contributed by atoms with Crippen LogP contribution in [-0.4, -0.2) is 67.8 Å². The fourth-order valence-corrected chi connectivity index (χ4v) is 3.82. The van der Waals surface area contributed by atoms with Crippen LogP contribution in [0.15, 0.2) is 18.2 Å². The number of hydrogen-bond donors (Lipinski definition) is 0. The molecule has 1 aliphatic heterocycles. The van der Waals surface area contributed by atoms with E-state index in [1.54, 1.807) is 0 Å². The largest absolute Gasteiger partial charge is 0.411 e. The predicted molar refractivity (Wildman–Crippen MR) is 96.7 cm³/mol. The van der Waals surface area contributed by atoms with Crippen molar-refractivity contribution in [3.05, 3.63) is 34.9 Å². The normalized spacial score (nSPS) is 18.0. The lowest BCUT2D eigenvalue weighted by atomic mass is 10.0. The van der Waals surface area contributed by atoms with Gasteiger partial charge in [0.05, 0.1) is 6.42 Å². The Bertz CT molecular complexity index is 641. The summed E-state index contributed by atoms with van der Waals surface area (Å²) in [4.78, 5) is 16.6. The summed E-state index contributed by atoms with van der Waals surface area (Å²) in [6.45, 7) is 2.49. The fourth-order valence-electron chi connectivity index (χ4n) is 3.82. The molecule has 0 N–H and O–H groups in total. The Kier molecular flexibility index (Phi) is 6.76. The molecule has 0 saturated carbocycles. The number of nitrogens with zero attached hydrogens (tertiary/aromatic N) is 2. The van der Waals surface area contributed by atoms with Gasteiger partial charge in [-0.3, -0.25) is 9.69 Å². The molecule has 0 atom stereocenters. The van der Waals surface area contributed by atoms with Crippen LogP contribution < -0.4 is 0 Å². The second-order valence-electron chi connectivity index (χ2n) is 7.38. The zero-order valence-corrected chi connectivity index (χ0v) is 15.6. The molecule has 0 spiro atoms. The number of benzene rings is 1. The molecule has 1 amide bonds. The van der Waals surface area contributed by atoms with Crippen molar-refractivity contribution in [2.75, 3.05) is 45.9 Å². The van der Waals surface area contributed by atoms with Crippen LogP contribution in [0, 0.1) is 0 Å². The number of halogens is 3. The van der Waals surface area contributed by atoms with Crippen LogP contribution in [0.1, 0.15) is 29.5 Å². The average molecular weight is 384 g/mol. The summed E-state index contributed by atoms with van der Waals surface area (Å²) in [5.74, 6) is 0.154. The molecule has 1 fully saturated rings. The molecule has 1 aromatic carbocycles. The van der Waals surface area contributed by atoms with Gasteiger partial charge >= 0.3 is 6.18 Å². The van der Waals surface area contributed by atoms with Crippen molar-refractivity contribution >= 4 is 5.91 Å². The van der Waals surface area contributed by atoms with Crippen molar-refractivity contribution in [1.29, 1.82) is 0 Å². The van der Waals surface area contributed by atoms with E-state index in [0.717, 1.165) is 31.5 Å². The number of alkyl halides is 3. The highest BCUT2D eigenvalue weighted by Crippen LogP contribution is 2.23. The van der Waals surface area contributed by atoms with Crippen molar-refractivity contribution < 1.29 is 22.7 Å². The van der Waals surface area contributed by atoms with E-state index in [1.165, 1.54) is 17.5 Å². The van der Waals surface area contributed by atoms with Crippen LogP contribution in [0.4, 0.5) is 13.2 Å². The van der Waals surface area contributed by atoms with Gasteiger partial charge in [0.15, 0.2) is 0 Å². The number of rotatable bonds is 7. The Labute approximate surface area is 158 Å². The standard InChI is InChI=1S/C20H27F3N2O2/c21-20(22,23)15-27-12-2-7-24-8-10-25(11-9-24)19(26)14-16-5-6-17-3-1-4-18(17)13-16/h5-6,13H,1-4,7-12,14-15H2. The maximum atomic E-state index is 12.5. The highest BCUT2D eigenvalue weighted by Gasteiger charge is 2.27. The maximum Gasteiger partial charge on any atom is 0.411 e. The van der Waals surface area contributed by atoms with E-state index in [9.17, 15) is 18.0 Å². The number of ether oxygens (including phenoxy) is 1. The second kappa shape index (κ2) is 9.06. The quantitative estimate of drug-likeness (QED) is 0.678. The third-order valence-corrected chi connectivity index (χ3v) is 5.27. The van der Waals surface area contributed by atoms with E-state index in [-0.39, 0.29) is 12.5 Å². The van der Waals surface area contributed by atoms with Crippen molar-refractivity contribution in [2.45, 2.75) is 38.3 Å². The number of piperazine rings is 1. The van der Waals surface area contributed by atoms with Gasteiger partial charge in [-0.25, -0.2) is 0 Å². The van der Waals surface area contributed by atoms with Gasteiger partial charge in [-0.2, -0.15) is 13.2 Å². The fraction of sp³-hybridized carbons (Fsp3) is 0.650. The van der Waals surface area contributed by atoms with E-state index in [0.29, 0.717) is 32.5 Å². The van der Waals surface area contributed by atoms with E-state index in [1.807, 2.05) is 4.90 Å². The minimum atomic E-state index is -4.26. The Morgan fingerprint density at radius 2 is 1.81 bits per heavy atom. The van der Waals surface area contributed by atoms with Gasteiger partial charge in [0, 0.05) is 39.3 Å². The van der Waals surface area contributed by atoms with Crippen LogP contribution in [0.3, 0.4) is 0 Å². The second-order valence-corrected chi connectivity index (χ2v) is 7.38. The minimum absolute atomic E-state index is 0.108. The monoisotopic (exact) mass is 384 g/mol. The summed E-state index contributed by atoms with van der Waals surface area (Å²) in [5, 5.41) is 0. The third-order valence-electron chi connectivity index (χ3n) is 5.27. The van der Waals surface area contributed by atoms with Gasteiger partial charge in [0.1, 0.15) is 6.61 Å². The Hall–Kier alpha value is -1.60. The van der Waals surface area contributed by atoms with Gasteiger partial charge in [-0.05, 0) is 42.4 Å². The van der Waals surface area contributed by atoms with Gasteiger partial charge in [-0.15, -0.1) is 0 Å². The third kappa shape index (κ3) is 6.21. The zero-order valence-electron chi connectivity index (χ0n) is 15.6. The number of aryl methyl sites for hydroxylation is 2. The summed E-state index contributed by atoms with van der Waals surface area (Å²) >= 11 is 0. The van der Waals surface area contributed by atoms with Gasteiger partial charge in [0.25, 0.3) is 0 Å². The first-order chi connectivity index (χ1) is 12.9. The highest BCUT2D eigenvalue weighted by molar-refractivity contribution is 5.79. The van der Waals surface area contributed by atoms with Crippen molar-refractivity contribution in [2.24, 2.45) is 0 Å². The number of hydrogen-bond acceptors (Lipinski definition) is 3. The highest BCUT2D eigenvalue weighted by atomic mass is 19.4. The molecular formula is C20H27F3N2O2. The molecule has 0 bridgehead atoms. The lowest BCUT2D eigenvalue weighted by Crippen LogP contribution is -2.49. The van der Waals surface area contributed by atoms with Gasteiger partial charge in [-0.1, -0.05) is 18.2 Å². The van der Waals surface area contributed by atoms with Crippen LogP contribution in [0.5, 0.6) is 0 Å². The number of carbonyl (C=O) groups excluding carboxylic acids is 1. The average Bonchev–Trinajstić information content (AvgIpc) is 3.09. The maximum absolute atomic E-state index is 12.5.